The van der Waals surface area contributed by atoms with Crippen LogP contribution in [0.5, 0.6) is 5.75 Å². The zero-order valence-corrected chi connectivity index (χ0v) is 18.7. The van der Waals surface area contributed by atoms with Gasteiger partial charge in [0.15, 0.2) is 5.76 Å². The number of hydrogen-bond donors (Lipinski definition) is 1. The SMILES string of the molecule is Cc1oc(C(=O)NCc2cccc(COc3ccccc3)c2)cc1S(=O)(=O)N1CCCC1. The molecule has 0 aliphatic carbocycles. The first-order chi connectivity index (χ1) is 15.4. The number of para-hydroxylation sites is 1. The number of aryl methyl sites for hydroxylation is 1. The van der Waals surface area contributed by atoms with Gasteiger partial charge in [-0.05, 0) is 43.0 Å². The summed E-state index contributed by atoms with van der Waals surface area (Å²) in [6.45, 7) is 3.26. The van der Waals surface area contributed by atoms with Gasteiger partial charge < -0.3 is 14.5 Å². The van der Waals surface area contributed by atoms with Gasteiger partial charge in [-0.1, -0.05) is 42.5 Å². The minimum Gasteiger partial charge on any atom is -0.489 e. The summed E-state index contributed by atoms with van der Waals surface area (Å²) in [6, 6.07) is 18.6. The van der Waals surface area contributed by atoms with Crippen molar-refractivity contribution in [2.45, 2.75) is 37.8 Å². The minimum atomic E-state index is -3.64. The first-order valence-electron chi connectivity index (χ1n) is 10.6. The highest BCUT2D eigenvalue weighted by Gasteiger charge is 2.31. The number of rotatable bonds is 8. The molecule has 0 spiro atoms. The van der Waals surface area contributed by atoms with Gasteiger partial charge in [-0.25, -0.2) is 8.42 Å². The van der Waals surface area contributed by atoms with Gasteiger partial charge in [-0.2, -0.15) is 4.31 Å². The van der Waals surface area contributed by atoms with Gasteiger partial charge in [0.05, 0.1) is 0 Å². The van der Waals surface area contributed by atoms with Gasteiger partial charge in [0.2, 0.25) is 10.0 Å². The van der Waals surface area contributed by atoms with Gasteiger partial charge in [0.1, 0.15) is 23.0 Å². The van der Waals surface area contributed by atoms with Crippen LogP contribution in [0.2, 0.25) is 0 Å². The molecular weight excluding hydrogens is 428 g/mol. The lowest BCUT2D eigenvalue weighted by atomic mass is 10.1. The number of carbonyl (C=O) groups is 1. The van der Waals surface area contributed by atoms with Crippen LogP contribution in [0, 0.1) is 6.92 Å². The molecule has 32 heavy (non-hydrogen) atoms. The number of hydrogen-bond acceptors (Lipinski definition) is 5. The number of nitrogens with zero attached hydrogens (tertiary/aromatic N) is 1. The van der Waals surface area contributed by atoms with Crippen molar-refractivity contribution in [3.05, 3.63) is 83.3 Å². The van der Waals surface area contributed by atoms with Gasteiger partial charge in [0.25, 0.3) is 5.91 Å². The highest BCUT2D eigenvalue weighted by molar-refractivity contribution is 7.89. The van der Waals surface area contributed by atoms with Crippen LogP contribution in [0.1, 0.15) is 40.3 Å². The van der Waals surface area contributed by atoms with Crippen LogP contribution in [0.25, 0.3) is 0 Å². The van der Waals surface area contributed by atoms with Gasteiger partial charge in [-0.15, -0.1) is 0 Å². The fourth-order valence-corrected chi connectivity index (χ4v) is 5.36. The lowest BCUT2D eigenvalue weighted by molar-refractivity contribution is 0.0922. The summed E-state index contributed by atoms with van der Waals surface area (Å²) in [5, 5.41) is 2.80. The van der Waals surface area contributed by atoms with Crippen molar-refractivity contribution in [2.24, 2.45) is 0 Å². The van der Waals surface area contributed by atoms with Crippen molar-refractivity contribution in [2.75, 3.05) is 13.1 Å². The van der Waals surface area contributed by atoms with E-state index in [0.717, 1.165) is 29.7 Å². The monoisotopic (exact) mass is 454 g/mol. The van der Waals surface area contributed by atoms with Crippen LogP contribution in [0.3, 0.4) is 0 Å². The summed E-state index contributed by atoms with van der Waals surface area (Å²) < 4.78 is 38.3. The van der Waals surface area contributed by atoms with Crippen molar-refractivity contribution in [1.82, 2.24) is 9.62 Å². The molecule has 1 N–H and O–H groups in total. The molecule has 0 saturated carbocycles. The predicted molar refractivity (Wildman–Crippen MR) is 120 cm³/mol. The van der Waals surface area contributed by atoms with Gasteiger partial charge >= 0.3 is 0 Å². The van der Waals surface area contributed by atoms with Crippen molar-refractivity contribution < 1.29 is 22.4 Å². The Morgan fingerprint density at radius 1 is 1.03 bits per heavy atom. The highest BCUT2D eigenvalue weighted by Crippen LogP contribution is 2.26. The van der Waals surface area contributed by atoms with E-state index >= 15 is 0 Å². The number of benzene rings is 2. The topological polar surface area (TPSA) is 88.8 Å². The molecule has 0 bridgehead atoms. The fourth-order valence-electron chi connectivity index (χ4n) is 3.68. The van der Waals surface area contributed by atoms with Crippen LogP contribution < -0.4 is 10.1 Å². The molecule has 1 saturated heterocycles. The number of nitrogens with one attached hydrogen (secondary N) is 1. The Morgan fingerprint density at radius 2 is 1.75 bits per heavy atom. The zero-order valence-electron chi connectivity index (χ0n) is 17.9. The molecule has 3 aromatic rings. The van der Waals surface area contributed by atoms with Crippen LogP contribution >= 0.6 is 0 Å². The first kappa shape index (κ1) is 22.1. The summed E-state index contributed by atoms with van der Waals surface area (Å²) >= 11 is 0. The molecule has 4 rings (SSSR count). The van der Waals surface area contributed by atoms with Crippen molar-refractivity contribution in [3.8, 4) is 5.75 Å². The molecule has 7 nitrogen and oxygen atoms in total. The van der Waals surface area contributed by atoms with E-state index in [0.29, 0.717) is 19.7 Å². The molecular formula is C24H26N2O5S. The molecule has 0 radical (unpaired) electrons. The number of carbonyl (C=O) groups excluding carboxylic acids is 1. The molecule has 1 aliphatic heterocycles. The van der Waals surface area contributed by atoms with Crippen molar-refractivity contribution in [3.63, 3.8) is 0 Å². The zero-order chi connectivity index (χ0) is 22.6. The Kier molecular flexibility index (Phi) is 6.62. The summed E-state index contributed by atoms with van der Waals surface area (Å²) in [7, 11) is -3.64. The van der Waals surface area contributed by atoms with Gasteiger partial charge in [-0.3, -0.25) is 4.79 Å². The quantitative estimate of drug-likeness (QED) is 0.558. The number of sulfonamides is 1. The van der Waals surface area contributed by atoms with E-state index in [4.69, 9.17) is 9.15 Å². The molecule has 1 aliphatic rings. The molecule has 2 heterocycles. The lowest BCUT2D eigenvalue weighted by Gasteiger charge is -2.14. The standard InChI is InChI=1S/C24H26N2O5S/c1-18-23(32(28,29)26-12-5-6-13-26)15-22(31-18)24(27)25-16-19-8-7-9-20(14-19)17-30-21-10-3-2-4-11-21/h2-4,7-11,14-15H,5-6,12-13,16-17H2,1H3,(H,25,27). The third kappa shape index (κ3) is 5.03. The lowest BCUT2D eigenvalue weighted by Crippen LogP contribution is -2.28. The van der Waals surface area contributed by atoms with Crippen molar-refractivity contribution in [1.29, 1.82) is 0 Å². The molecule has 0 unspecified atom stereocenters. The first-order valence-corrected chi connectivity index (χ1v) is 12.0. The second kappa shape index (κ2) is 9.58. The normalized spacial score (nSPS) is 14.4. The van der Waals surface area contributed by atoms with Crippen LogP contribution in [-0.4, -0.2) is 31.7 Å². The molecule has 2 aromatic carbocycles. The molecule has 8 heteroatoms. The van der Waals surface area contributed by atoms with E-state index in [1.54, 1.807) is 6.92 Å². The molecule has 1 fully saturated rings. The van der Waals surface area contributed by atoms with Crippen LogP contribution in [0.4, 0.5) is 0 Å². The molecule has 1 amide bonds. The second-order valence-electron chi connectivity index (χ2n) is 7.75. The molecule has 0 atom stereocenters. The van der Waals surface area contributed by atoms with Crippen LogP contribution in [0.15, 0.2) is 70.0 Å². The Bertz CT molecular complexity index is 1180. The van der Waals surface area contributed by atoms with E-state index in [9.17, 15) is 13.2 Å². The molecule has 168 valence electrons. The number of amides is 1. The van der Waals surface area contributed by atoms with E-state index < -0.39 is 15.9 Å². The maximum Gasteiger partial charge on any atom is 0.287 e. The predicted octanol–water partition coefficient (Wildman–Crippen LogP) is 3.88. The summed E-state index contributed by atoms with van der Waals surface area (Å²) in [6.07, 6.45) is 1.69. The Balaban J connectivity index is 1.38. The Hall–Kier alpha value is -3.10. The second-order valence-corrected chi connectivity index (χ2v) is 9.65. The molecule has 1 aromatic heterocycles. The Labute approximate surface area is 188 Å². The average molecular weight is 455 g/mol. The minimum absolute atomic E-state index is 0.0103. The third-order valence-electron chi connectivity index (χ3n) is 5.37. The number of furan rings is 1. The summed E-state index contributed by atoms with van der Waals surface area (Å²) in [4.78, 5) is 12.6. The van der Waals surface area contributed by atoms with E-state index in [2.05, 4.69) is 5.32 Å². The highest BCUT2D eigenvalue weighted by atomic mass is 32.2. The maximum absolute atomic E-state index is 12.8. The van der Waals surface area contributed by atoms with Crippen molar-refractivity contribution >= 4 is 15.9 Å². The number of ether oxygens (including phenoxy) is 1. The van der Waals surface area contributed by atoms with Crippen LogP contribution in [-0.2, 0) is 23.2 Å². The van der Waals surface area contributed by atoms with E-state index in [1.165, 1.54) is 10.4 Å². The average Bonchev–Trinajstić information content (AvgIpc) is 3.48. The van der Waals surface area contributed by atoms with E-state index in [-0.39, 0.29) is 23.0 Å². The third-order valence-corrected chi connectivity index (χ3v) is 7.38. The largest absolute Gasteiger partial charge is 0.489 e. The Morgan fingerprint density at radius 3 is 2.50 bits per heavy atom. The maximum atomic E-state index is 12.8. The summed E-state index contributed by atoms with van der Waals surface area (Å²) in [5.74, 6) is 0.548. The van der Waals surface area contributed by atoms with E-state index in [1.807, 2.05) is 54.6 Å². The summed E-state index contributed by atoms with van der Waals surface area (Å²) in [5.41, 5.74) is 1.88. The fraction of sp³-hybridized carbons (Fsp3) is 0.292. The smallest absolute Gasteiger partial charge is 0.287 e. The van der Waals surface area contributed by atoms with Gasteiger partial charge in [0, 0.05) is 25.7 Å².